The molecule has 0 spiro atoms. The van der Waals surface area contributed by atoms with Gasteiger partial charge in [-0.2, -0.15) is 0 Å². The van der Waals surface area contributed by atoms with Crippen molar-refractivity contribution in [1.29, 1.82) is 0 Å². The van der Waals surface area contributed by atoms with Crippen molar-refractivity contribution in [2.24, 2.45) is 5.92 Å². The van der Waals surface area contributed by atoms with Gasteiger partial charge in [0.1, 0.15) is 5.75 Å². The number of nitrogens with one attached hydrogen (secondary N) is 1. The Balaban J connectivity index is 1.96. The quantitative estimate of drug-likeness (QED) is 0.695. The molecular formula is C11H15NO. The van der Waals surface area contributed by atoms with Gasteiger partial charge in [-0.15, -0.1) is 0 Å². The molecule has 1 unspecified atom stereocenters. The Kier molecular flexibility index (Phi) is 2.13. The zero-order chi connectivity index (χ0) is 9.26. The summed E-state index contributed by atoms with van der Waals surface area (Å²) in [6.45, 7) is 2.21. The van der Waals surface area contributed by atoms with Crippen LogP contribution in [0.1, 0.15) is 19.8 Å². The van der Waals surface area contributed by atoms with Crippen LogP contribution in [-0.2, 0) is 0 Å². The molecule has 0 amide bonds. The minimum absolute atomic E-state index is 0.324. The molecule has 13 heavy (non-hydrogen) atoms. The molecule has 1 fully saturated rings. The van der Waals surface area contributed by atoms with Crippen LogP contribution in [0.5, 0.6) is 5.75 Å². The Morgan fingerprint density at radius 2 is 1.92 bits per heavy atom. The van der Waals surface area contributed by atoms with E-state index in [1.54, 1.807) is 12.1 Å². The van der Waals surface area contributed by atoms with Gasteiger partial charge in [-0.25, -0.2) is 0 Å². The van der Waals surface area contributed by atoms with Crippen molar-refractivity contribution in [3.63, 3.8) is 0 Å². The van der Waals surface area contributed by atoms with Gasteiger partial charge in [-0.3, -0.25) is 0 Å². The molecule has 0 aliphatic heterocycles. The second kappa shape index (κ2) is 3.29. The summed E-state index contributed by atoms with van der Waals surface area (Å²) < 4.78 is 0. The molecule has 70 valence electrons. The maximum Gasteiger partial charge on any atom is 0.115 e. The Morgan fingerprint density at radius 3 is 2.46 bits per heavy atom. The molecule has 0 aromatic heterocycles. The summed E-state index contributed by atoms with van der Waals surface area (Å²) >= 11 is 0. The first kappa shape index (κ1) is 8.42. The summed E-state index contributed by atoms with van der Waals surface area (Å²) in [6, 6.07) is 7.80. The molecule has 0 bridgehead atoms. The van der Waals surface area contributed by atoms with Gasteiger partial charge in [0.25, 0.3) is 0 Å². The second-order valence-electron chi connectivity index (χ2n) is 3.82. The van der Waals surface area contributed by atoms with Crippen LogP contribution in [0.25, 0.3) is 0 Å². The van der Waals surface area contributed by atoms with Crippen LogP contribution in [0.3, 0.4) is 0 Å². The molecule has 1 aliphatic rings. The van der Waals surface area contributed by atoms with E-state index in [9.17, 15) is 0 Å². The van der Waals surface area contributed by atoms with E-state index in [1.165, 1.54) is 12.8 Å². The molecule has 1 atom stereocenters. The molecule has 1 aromatic rings. The molecule has 2 rings (SSSR count). The molecule has 2 heteroatoms. The van der Waals surface area contributed by atoms with Crippen LogP contribution in [0, 0.1) is 5.92 Å². The van der Waals surface area contributed by atoms with Crippen molar-refractivity contribution in [1.82, 2.24) is 0 Å². The van der Waals surface area contributed by atoms with Crippen molar-refractivity contribution in [2.75, 3.05) is 5.32 Å². The van der Waals surface area contributed by atoms with E-state index in [4.69, 9.17) is 5.11 Å². The maximum absolute atomic E-state index is 9.08. The lowest BCUT2D eigenvalue weighted by Gasteiger charge is -2.13. The van der Waals surface area contributed by atoms with Gasteiger partial charge >= 0.3 is 0 Å². The highest BCUT2D eigenvalue weighted by molar-refractivity contribution is 5.46. The number of benzene rings is 1. The lowest BCUT2D eigenvalue weighted by molar-refractivity contribution is 0.475. The average molecular weight is 177 g/mol. The molecule has 0 saturated heterocycles. The fourth-order valence-corrected chi connectivity index (χ4v) is 1.53. The van der Waals surface area contributed by atoms with E-state index in [1.807, 2.05) is 12.1 Å². The highest BCUT2D eigenvalue weighted by Crippen LogP contribution is 2.34. The molecule has 1 saturated carbocycles. The monoisotopic (exact) mass is 177 g/mol. The first-order valence-electron chi connectivity index (χ1n) is 4.81. The smallest absolute Gasteiger partial charge is 0.115 e. The zero-order valence-electron chi connectivity index (χ0n) is 7.83. The van der Waals surface area contributed by atoms with E-state index in [-0.39, 0.29) is 0 Å². The number of aromatic hydroxyl groups is 1. The highest BCUT2D eigenvalue weighted by Gasteiger charge is 2.27. The van der Waals surface area contributed by atoms with Crippen molar-refractivity contribution < 1.29 is 5.11 Å². The van der Waals surface area contributed by atoms with Gasteiger partial charge in [0, 0.05) is 11.7 Å². The van der Waals surface area contributed by atoms with Gasteiger partial charge < -0.3 is 10.4 Å². The summed E-state index contributed by atoms with van der Waals surface area (Å²) in [5.41, 5.74) is 1.09. The molecular weight excluding hydrogens is 162 g/mol. The summed E-state index contributed by atoms with van der Waals surface area (Å²) in [6.07, 6.45) is 2.71. The third-order valence-electron chi connectivity index (χ3n) is 2.59. The normalized spacial score (nSPS) is 18.2. The minimum Gasteiger partial charge on any atom is -0.508 e. The number of hydrogen-bond donors (Lipinski definition) is 2. The predicted octanol–water partition coefficient (Wildman–Crippen LogP) is 2.60. The third kappa shape index (κ3) is 2.14. The third-order valence-corrected chi connectivity index (χ3v) is 2.59. The predicted molar refractivity (Wildman–Crippen MR) is 53.9 cm³/mol. The fraction of sp³-hybridized carbons (Fsp3) is 0.455. The van der Waals surface area contributed by atoms with Gasteiger partial charge in [-0.05, 0) is 49.9 Å². The van der Waals surface area contributed by atoms with E-state index in [0.717, 1.165) is 11.6 Å². The van der Waals surface area contributed by atoms with E-state index in [2.05, 4.69) is 12.2 Å². The first-order valence-corrected chi connectivity index (χ1v) is 4.81. The van der Waals surface area contributed by atoms with Crippen molar-refractivity contribution in [3.8, 4) is 5.75 Å². The lowest BCUT2D eigenvalue weighted by atomic mass is 10.2. The fourth-order valence-electron chi connectivity index (χ4n) is 1.53. The Morgan fingerprint density at radius 1 is 1.31 bits per heavy atom. The van der Waals surface area contributed by atoms with Crippen LogP contribution < -0.4 is 5.32 Å². The number of hydrogen-bond acceptors (Lipinski definition) is 2. The lowest BCUT2D eigenvalue weighted by Crippen LogP contribution is -2.16. The van der Waals surface area contributed by atoms with Crippen LogP contribution >= 0.6 is 0 Å². The van der Waals surface area contributed by atoms with Gasteiger partial charge in [0.05, 0.1) is 0 Å². The topological polar surface area (TPSA) is 32.3 Å². The van der Waals surface area contributed by atoms with Gasteiger partial charge in [-0.1, -0.05) is 0 Å². The molecule has 0 heterocycles. The van der Waals surface area contributed by atoms with Crippen LogP contribution in [-0.4, -0.2) is 11.1 Å². The molecule has 1 aromatic carbocycles. The zero-order valence-corrected chi connectivity index (χ0v) is 7.83. The standard InChI is InChI=1S/C11H15NO/c1-8(9-2-3-9)12-10-4-6-11(13)7-5-10/h4-9,12-13H,2-3H2,1H3. The molecule has 2 N–H and O–H groups in total. The maximum atomic E-state index is 9.08. The summed E-state index contributed by atoms with van der Waals surface area (Å²) in [5, 5.41) is 12.5. The summed E-state index contributed by atoms with van der Waals surface area (Å²) in [5.74, 6) is 1.18. The highest BCUT2D eigenvalue weighted by atomic mass is 16.3. The summed E-state index contributed by atoms with van der Waals surface area (Å²) in [7, 11) is 0. The minimum atomic E-state index is 0.324. The van der Waals surface area contributed by atoms with Crippen molar-refractivity contribution in [2.45, 2.75) is 25.8 Å². The first-order chi connectivity index (χ1) is 6.25. The summed E-state index contributed by atoms with van der Waals surface area (Å²) in [4.78, 5) is 0. The number of rotatable bonds is 3. The number of phenols is 1. The SMILES string of the molecule is CC(Nc1ccc(O)cc1)C1CC1. The number of phenolic OH excluding ortho intramolecular Hbond substituents is 1. The Labute approximate surface area is 78.6 Å². The van der Waals surface area contributed by atoms with Crippen molar-refractivity contribution in [3.05, 3.63) is 24.3 Å². The molecule has 2 nitrogen and oxygen atoms in total. The van der Waals surface area contributed by atoms with E-state index in [0.29, 0.717) is 11.8 Å². The Hall–Kier alpha value is -1.18. The van der Waals surface area contributed by atoms with Crippen LogP contribution in [0.2, 0.25) is 0 Å². The molecule has 1 aliphatic carbocycles. The molecule has 0 radical (unpaired) electrons. The van der Waals surface area contributed by atoms with Gasteiger partial charge in [0.2, 0.25) is 0 Å². The van der Waals surface area contributed by atoms with E-state index < -0.39 is 0 Å². The Bertz CT molecular complexity index is 277. The number of anilines is 1. The van der Waals surface area contributed by atoms with Crippen LogP contribution in [0.15, 0.2) is 24.3 Å². The second-order valence-corrected chi connectivity index (χ2v) is 3.82. The van der Waals surface area contributed by atoms with E-state index >= 15 is 0 Å². The average Bonchev–Trinajstić information content (AvgIpc) is 2.91. The van der Waals surface area contributed by atoms with Crippen LogP contribution in [0.4, 0.5) is 5.69 Å². The largest absolute Gasteiger partial charge is 0.508 e. The van der Waals surface area contributed by atoms with Gasteiger partial charge in [0.15, 0.2) is 0 Å². The van der Waals surface area contributed by atoms with Crippen molar-refractivity contribution >= 4 is 5.69 Å².